The summed E-state index contributed by atoms with van der Waals surface area (Å²) < 4.78 is 11.9. The number of fused-ring (bicyclic) bond motifs is 1. The number of aromatic nitrogens is 1. The highest BCUT2D eigenvalue weighted by atomic mass is 79.9. The summed E-state index contributed by atoms with van der Waals surface area (Å²) in [6.07, 6.45) is 4.58. The quantitative estimate of drug-likeness (QED) is 0.452. The molecule has 0 radical (unpaired) electrons. The number of carbonyl (C=O) groups is 1. The van der Waals surface area contributed by atoms with Gasteiger partial charge in [-0.05, 0) is 54.6 Å². The number of anilines is 1. The number of rotatable bonds is 4. The van der Waals surface area contributed by atoms with Gasteiger partial charge in [-0.3, -0.25) is 4.79 Å². The fourth-order valence-electron chi connectivity index (χ4n) is 2.48. The second kappa shape index (κ2) is 7.01. The van der Waals surface area contributed by atoms with Crippen molar-refractivity contribution in [1.29, 1.82) is 0 Å². The summed E-state index contributed by atoms with van der Waals surface area (Å²) in [4.78, 5) is 16.5. The Balaban J connectivity index is 1.55. The third-order valence-corrected chi connectivity index (χ3v) is 4.16. The zero-order valence-corrected chi connectivity index (χ0v) is 15.1. The smallest absolute Gasteiger partial charge is 0.248 e. The normalized spacial score (nSPS) is 11.3. The topological polar surface area (TPSA) is 68.3 Å². The van der Waals surface area contributed by atoms with Gasteiger partial charge in [-0.25, -0.2) is 4.98 Å². The Labute approximate surface area is 157 Å². The van der Waals surface area contributed by atoms with Crippen LogP contribution in [0.5, 0.6) is 0 Å². The molecule has 26 heavy (non-hydrogen) atoms. The number of oxazole rings is 1. The van der Waals surface area contributed by atoms with Crippen molar-refractivity contribution in [1.82, 2.24) is 4.98 Å². The maximum atomic E-state index is 12.0. The summed E-state index contributed by atoms with van der Waals surface area (Å²) in [7, 11) is 0. The van der Waals surface area contributed by atoms with Gasteiger partial charge in [0.15, 0.2) is 5.58 Å². The number of amides is 1. The number of benzene rings is 2. The van der Waals surface area contributed by atoms with E-state index >= 15 is 0 Å². The Morgan fingerprint density at radius 1 is 1.12 bits per heavy atom. The lowest BCUT2D eigenvalue weighted by Gasteiger charge is -2.00. The number of hydrogen-bond acceptors (Lipinski definition) is 4. The SMILES string of the molecule is O=C(C=Cc1ccco1)Nc1ccc2oc(-c3cccc(Br)c3)nc2c1. The minimum atomic E-state index is -0.253. The van der Waals surface area contributed by atoms with Crippen LogP contribution < -0.4 is 5.32 Å². The molecule has 0 aliphatic rings. The summed E-state index contributed by atoms with van der Waals surface area (Å²) >= 11 is 3.44. The largest absolute Gasteiger partial charge is 0.465 e. The minimum absolute atomic E-state index is 0.253. The molecule has 5 nitrogen and oxygen atoms in total. The molecule has 0 aliphatic carbocycles. The van der Waals surface area contributed by atoms with Crippen LogP contribution in [0, 0.1) is 0 Å². The van der Waals surface area contributed by atoms with Crippen LogP contribution in [0.1, 0.15) is 5.76 Å². The van der Waals surface area contributed by atoms with Crippen LogP contribution in [0.15, 0.2) is 80.2 Å². The summed E-state index contributed by atoms with van der Waals surface area (Å²) in [5.41, 5.74) is 2.85. The molecule has 1 N–H and O–H groups in total. The molecular weight excluding hydrogens is 396 g/mol. The molecule has 1 amide bonds. The molecule has 4 aromatic rings. The molecular formula is C20H13BrN2O3. The summed E-state index contributed by atoms with van der Waals surface area (Å²) in [6, 6.07) is 16.6. The predicted octanol–water partition coefficient (Wildman–Crippen LogP) is 5.50. The van der Waals surface area contributed by atoms with Crippen LogP contribution in [0.3, 0.4) is 0 Å². The fourth-order valence-corrected chi connectivity index (χ4v) is 2.88. The number of nitrogens with zero attached hydrogens (tertiary/aromatic N) is 1. The number of hydrogen-bond donors (Lipinski definition) is 1. The zero-order valence-electron chi connectivity index (χ0n) is 13.5. The van der Waals surface area contributed by atoms with Gasteiger partial charge in [-0.1, -0.05) is 22.0 Å². The lowest BCUT2D eigenvalue weighted by molar-refractivity contribution is -0.111. The number of carbonyl (C=O) groups excluding carboxylic acids is 1. The number of halogens is 1. The molecule has 4 rings (SSSR count). The van der Waals surface area contributed by atoms with Gasteiger partial charge < -0.3 is 14.2 Å². The first-order chi connectivity index (χ1) is 12.7. The van der Waals surface area contributed by atoms with E-state index < -0.39 is 0 Å². The Morgan fingerprint density at radius 3 is 2.85 bits per heavy atom. The van der Waals surface area contributed by atoms with Crippen LogP contribution in [0.2, 0.25) is 0 Å². The van der Waals surface area contributed by atoms with E-state index in [2.05, 4.69) is 26.2 Å². The van der Waals surface area contributed by atoms with E-state index in [1.807, 2.05) is 24.3 Å². The molecule has 0 unspecified atom stereocenters. The molecule has 2 heterocycles. The van der Waals surface area contributed by atoms with Crippen molar-refractivity contribution in [3.63, 3.8) is 0 Å². The standard InChI is InChI=1S/C20H13BrN2O3/c21-14-4-1-3-13(11-14)20-23-17-12-15(6-8-18(17)26-20)22-19(24)9-7-16-5-2-10-25-16/h1-12H,(H,22,24). The van der Waals surface area contributed by atoms with Crippen molar-refractivity contribution < 1.29 is 13.6 Å². The van der Waals surface area contributed by atoms with Gasteiger partial charge in [0.25, 0.3) is 0 Å². The van der Waals surface area contributed by atoms with Gasteiger partial charge in [0, 0.05) is 21.8 Å². The fraction of sp³-hybridized carbons (Fsp3) is 0. The third-order valence-electron chi connectivity index (χ3n) is 3.67. The second-order valence-corrected chi connectivity index (χ2v) is 6.47. The van der Waals surface area contributed by atoms with E-state index in [9.17, 15) is 4.79 Å². The molecule has 0 saturated heterocycles. The van der Waals surface area contributed by atoms with E-state index in [-0.39, 0.29) is 5.91 Å². The second-order valence-electron chi connectivity index (χ2n) is 5.55. The van der Waals surface area contributed by atoms with Crippen LogP contribution >= 0.6 is 15.9 Å². The maximum absolute atomic E-state index is 12.0. The van der Waals surface area contributed by atoms with Crippen LogP contribution in [-0.2, 0) is 4.79 Å². The van der Waals surface area contributed by atoms with Crippen molar-refractivity contribution >= 4 is 44.7 Å². The molecule has 2 aromatic carbocycles. The Morgan fingerprint density at radius 2 is 2.04 bits per heavy atom. The van der Waals surface area contributed by atoms with Gasteiger partial charge in [-0.2, -0.15) is 0 Å². The highest BCUT2D eigenvalue weighted by molar-refractivity contribution is 9.10. The summed E-state index contributed by atoms with van der Waals surface area (Å²) in [5, 5.41) is 2.80. The molecule has 128 valence electrons. The lowest BCUT2D eigenvalue weighted by Crippen LogP contribution is -2.07. The molecule has 0 aliphatic heterocycles. The van der Waals surface area contributed by atoms with E-state index in [0.717, 1.165) is 10.0 Å². The number of furan rings is 1. The van der Waals surface area contributed by atoms with E-state index in [1.165, 1.54) is 6.08 Å². The first-order valence-electron chi connectivity index (χ1n) is 7.86. The van der Waals surface area contributed by atoms with Crippen LogP contribution in [-0.4, -0.2) is 10.9 Å². The highest BCUT2D eigenvalue weighted by Gasteiger charge is 2.10. The molecule has 0 atom stereocenters. The molecule has 6 heteroatoms. The van der Waals surface area contributed by atoms with E-state index in [4.69, 9.17) is 8.83 Å². The van der Waals surface area contributed by atoms with Crippen molar-refractivity contribution in [2.75, 3.05) is 5.32 Å². The maximum Gasteiger partial charge on any atom is 0.248 e. The monoisotopic (exact) mass is 408 g/mol. The van der Waals surface area contributed by atoms with Crippen molar-refractivity contribution in [2.24, 2.45) is 0 Å². The average molecular weight is 409 g/mol. The van der Waals surface area contributed by atoms with E-state index in [1.54, 1.807) is 42.7 Å². The Hall–Kier alpha value is -3.12. The van der Waals surface area contributed by atoms with E-state index in [0.29, 0.717) is 28.4 Å². The first kappa shape index (κ1) is 16.4. The van der Waals surface area contributed by atoms with Crippen molar-refractivity contribution in [3.05, 3.63) is 77.2 Å². The molecule has 0 fully saturated rings. The summed E-state index contributed by atoms with van der Waals surface area (Å²) in [6.45, 7) is 0. The highest BCUT2D eigenvalue weighted by Crippen LogP contribution is 2.27. The lowest BCUT2D eigenvalue weighted by atomic mass is 10.2. The van der Waals surface area contributed by atoms with Crippen molar-refractivity contribution in [2.45, 2.75) is 0 Å². The van der Waals surface area contributed by atoms with Gasteiger partial charge >= 0.3 is 0 Å². The molecule has 0 bridgehead atoms. The van der Waals surface area contributed by atoms with Gasteiger partial charge in [-0.15, -0.1) is 0 Å². The minimum Gasteiger partial charge on any atom is -0.465 e. The van der Waals surface area contributed by atoms with Crippen LogP contribution in [0.4, 0.5) is 5.69 Å². The Bertz CT molecular complexity index is 1100. The zero-order chi connectivity index (χ0) is 17.9. The number of nitrogens with one attached hydrogen (secondary N) is 1. The molecule has 0 spiro atoms. The Kier molecular flexibility index (Phi) is 4.41. The predicted molar refractivity (Wildman–Crippen MR) is 104 cm³/mol. The first-order valence-corrected chi connectivity index (χ1v) is 8.66. The molecule has 0 saturated carbocycles. The van der Waals surface area contributed by atoms with Crippen LogP contribution in [0.25, 0.3) is 28.6 Å². The van der Waals surface area contributed by atoms with Crippen molar-refractivity contribution in [3.8, 4) is 11.5 Å². The average Bonchev–Trinajstić information content (AvgIpc) is 3.29. The van der Waals surface area contributed by atoms with Gasteiger partial charge in [0.05, 0.1) is 6.26 Å². The van der Waals surface area contributed by atoms with Gasteiger partial charge in [0.1, 0.15) is 11.3 Å². The summed E-state index contributed by atoms with van der Waals surface area (Å²) in [5.74, 6) is 0.893. The van der Waals surface area contributed by atoms with Gasteiger partial charge in [0.2, 0.25) is 11.8 Å². The molecule has 2 aromatic heterocycles. The third kappa shape index (κ3) is 3.60.